The van der Waals surface area contributed by atoms with Gasteiger partial charge in [-0.25, -0.2) is 13.2 Å². The maximum atomic E-state index is 12.5. The summed E-state index contributed by atoms with van der Waals surface area (Å²) < 4.78 is 26.4. The van der Waals surface area contributed by atoms with Crippen LogP contribution in [-0.2, 0) is 10.0 Å². The van der Waals surface area contributed by atoms with Crippen molar-refractivity contribution >= 4 is 33.3 Å². The van der Waals surface area contributed by atoms with Crippen LogP contribution in [0.25, 0.3) is 10.9 Å². The van der Waals surface area contributed by atoms with E-state index in [0.717, 1.165) is 0 Å². The molecule has 2 heterocycles. The average Bonchev–Trinajstić information content (AvgIpc) is 2.47. The second kappa shape index (κ2) is 6.21. The van der Waals surface area contributed by atoms with Crippen molar-refractivity contribution in [2.24, 2.45) is 0 Å². The Morgan fingerprint density at radius 3 is 2.41 bits per heavy atom. The molecule has 0 radical (unpaired) electrons. The zero-order chi connectivity index (χ0) is 15.0. The largest absolute Gasteiger partial charge is 0.326 e. The zero-order valence-corrected chi connectivity index (χ0v) is 13.1. The number of nitrogens with zero attached hydrogens (tertiary/aromatic N) is 1. The molecule has 8 nitrogen and oxygen atoms in total. The van der Waals surface area contributed by atoms with Crippen LogP contribution in [0, 0.1) is 0 Å². The van der Waals surface area contributed by atoms with Crippen LogP contribution in [-0.4, -0.2) is 48.9 Å². The first-order chi connectivity index (χ1) is 9.98. The first-order valence-electron chi connectivity index (χ1n) is 6.46. The lowest BCUT2D eigenvalue weighted by atomic mass is 10.2. The van der Waals surface area contributed by atoms with Crippen LogP contribution in [0.2, 0.25) is 0 Å². The first kappa shape index (κ1) is 16.7. The number of H-pyrrole nitrogens is 2. The average molecular weight is 347 g/mol. The minimum absolute atomic E-state index is 0. The van der Waals surface area contributed by atoms with E-state index in [-0.39, 0.29) is 22.7 Å². The molecule has 0 saturated carbocycles. The number of hydrogen-bond acceptors (Lipinski definition) is 5. The number of benzene rings is 1. The van der Waals surface area contributed by atoms with Gasteiger partial charge in [-0.1, -0.05) is 0 Å². The molecular weight excluding hydrogens is 332 g/mol. The number of hydrogen-bond donors (Lipinski definition) is 3. The second-order valence-electron chi connectivity index (χ2n) is 4.77. The van der Waals surface area contributed by atoms with E-state index in [4.69, 9.17) is 0 Å². The molecule has 0 bridgehead atoms. The van der Waals surface area contributed by atoms with Crippen molar-refractivity contribution in [3.63, 3.8) is 0 Å². The Morgan fingerprint density at radius 2 is 1.73 bits per heavy atom. The Kier molecular flexibility index (Phi) is 4.71. The van der Waals surface area contributed by atoms with Crippen LogP contribution in [0.3, 0.4) is 0 Å². The Balaban J connectivity index is 0.00000176. The monoisotopic (exact) mass is 346 g/mol. The quantitative estimate of drug-likeness (QED) is 0.660. The van der Waals surface area contributed by atoms with Gasteiger partial charge in [-0.2, -0.15) is 4.31 Å². The molecule has 3 rings (SSSR count). The van der Waals surface area contributed by atoms with Crippen molar-refractivity contribution in [3.8, 4) is 0 Å². The molecule has 0 amide bonds. The Labute approximate surface area is 132 Å². The number of piperazine rings is 1. The number of sulfonamides is 1. The molecule has 0 aliphatic carbocycles. The third-order valence-corrected chi connectivity index (χ3v) is 5.32. The molecule has 120 valence electrons. The molecule has 1 aliphatic rings. The van der Waals surface area contributed by atoms with E-state index < -0.39 is 21.3 Å². The molecule has 1 aliphatic heterocycles. The lowest BCUT2D eigenvalue weighted by molar-refractivity contribution is 0.360. The van der Waals surface area contributed by atoms with Gasteiger partial charge in [0.15, 0.2) is 0 Å². The zero-order valence-electron chi connectivity index (χ0n) is 11.5. The lowest BCUT2D eigenvalue weighted by Gasteiger charge is -2.26. The summed E-state index contributed by atoms with van der Waals surface area (Å²) >= 11 is 0. The Hall–Kier alpha value is -1.68. The molecule has 0 atom stereocenters. The van der Waals surface area contributed by atoms with Gasteiger partial charge in [0.1, 0.15) is 0 Å². The summed E-state index contributed by atoms with van der Waals surface area (Å²) in [4.78, 5) is 27.5. The van der Waals surface area contributed by atoms with Crippen molar-refractivity contribution < 1.29 is 8.42 Å². The van der Waals surface area contributed by atoms with Crippen LogP contribution in [0.15, 0.2) is 32.7 Å². The van der Waals surface area contributed by atoms with Gasteiger partial charge in [-0.3, -0.25) is 9.78 Å². The molecule has 0 spiro atoms. The van der Waals surface area contributed by atoms with E-state index in [9.17, 15) is 18.0 Å². The van der Waals surface area contributed by atoms with Crippen molar-refractivity contribution in [1.82, 2.24) is 19.6 Å². The van der Waals surface area contributed by atoms with Gasteiger partial charge in [-0.15, -0.1) is 12.4 Å². The number of rotatable bonds is 2. The summed E-state index contributed by atoms with van der Waals surface area (Å²) in [6.07, 6.45) is 0. The van der Waals surface area contributed by atoms with E-state index in [1.54, 1.807) is 0 Å². The number of aromatic amines is 2. The van der Waals surface area contributed by atoms with E-state index in [2.05, 4.69) is 15.3 Å². The fraction of sp³-hybridized carbons (Fsp3) is 0.333. The van der Waals surface area contributed by atoms with Crippen molar-refractivity contribution in [2.75, 3.05) is 26.2 Å². The smallest absolute Gasteiger partial charge is 0.314 e. The number of aromatic nitrogens is 2. The molecule has 2 aromatic rings. The summed E-state index contributed by atoms with van der Waals surface area (Å²) in [6, 6.07) is 4.12. The van der Waals surface area contributed by atoms with Crippen LogP contribution in [0.4, 0.5) is 0 Å². The molecule has 3 N–H and O–H groups in total. The SMILES string of the molecule is Cl.O=c1[nH]c(=O)c2cc(S(=O)(=O)N3CCNCC3)ccc2[nH]1. The standard InChI is InChI=1S/C12H14N4O4S.ClH/c17-11-9-7-8(1-2-10(9)14-12(18)15-11)21(19,20)16-5-3-13-4-6-16;/h1-2,7,13H,3-6H2,(H2,14,15,17,18);1H. The highest BCUT2D eigenvalue weighted by Gasteiger charge is 2.26. The summed E-state index contributed by atoms with van der Waals surface area (Å²) in [5.41, 5.74) is -0.917. The van der Waals surface area contributed by atoms with E-state index >= 15 is 0 Å². The minimum Gasteiger partial charge on any atom is -0.314 e. The van der Waals surface area contributed by atoms with Crippen LogP contribution >= 0.6 is 12.4 Å². The molecule has 1 fully saturated rings. The predicted molar refractivity (Wildman–Crippen MR) is 84.1 cm³/mol. The molecule has 1 aromatic heterocycles. The van der Waals surface area contributed by atoms with E-state index in [1.807, 2.05) is 0 Å². The normalized spacial score (nSPS) is 16.4. The highest BCUT2D eigenvalue weighted by Crippen LogP contribution is 2.18. The number of fused-ring (bicyclic) bond motifs is 1. The Morgan fingerprint density at radius 1 is 1.05 bits per heavy atom. The van der Waals surface area contributed by atoms with Crippen LogP contribution < -0.4 is 16.6 Å². The number of nitrogens with one attached hydrogen (secondary N) is 3. The maximum Gasteiger partial charge on any atom is 0.326 e. The highest BCUT2D eigenvalue weighted by atomic mass is 35.5. The van der Waals surface area contributed by atoms with E-state index in [1.165, 1.54) is 22.5 Å². The molecule has 0 unspecified atom stereocenters. The topological polar surface area (TPSA) is 115 Å². The first-order valence-corrected chi connectivity index (χ1v) is 7.90. The third kappa shape index (κ3) is 2.93. The second-order valence-corrected chi connectivity index (χ2v) is 6.71. The number of halogens is 1. The molecule has 1 saturated heterocycles. The summed E-state index contributed by atoms with van der Waals surface area (Å²) in [5, 5.41) is 3.23. The van der Waals surface area contributed by atoms with Gasteiger partial charge >= 0.3 is 5.69 Å². The Bertz CT molecular complexity index is 899. The van der Waals surface area contributed by atoms with Crippen molar-refractivity contribution in [3.05, 3.63) is 39.0 Å². The summed E-state index contributed by atoms with van der Waals surface area (Å²) in [5.74, 6) is 0. The lowest BCUT2D eigenvalue weighted by Crippen LogP contribution is -2.46. The fourth-order valence-corrected chi connectivity index (χ4v) is 3.81. The van der Waals surface area contributed by atoms with Crippen molar-refractivity contribution in [1.29, 1.82) is 0 Å². The van der Waals surface area contributed by atoms with Gasteiger partial charge < -0.3 is 10.3 Å². The van der Waals surface area contributed by atoms with Crippen LogP contribution in [0.5, 0.6) is 0 Å². The highest BCUT2D eigenvalue weighted by molar-refractivity contribution is 7.89. The molecule has 1 aromatic carbocycles. The minimum atomic E-state index is -3.63. The van der Waals surface area contributed by atoms with Gasteiger partial charge in [0.2, 0.25) is 10.0 Å². The maximum absolute atomic E-state index is 12.5. The molecular formula is C12H15ClN4O4S. The van der Waals surface area contributed by atoms with Gasteiger partial charge in [-0.05, 0) is 18.2 Å². The van der Waals surface area contributed by atoms with E-state index in [0.29, 0.717) is 31.7 Å². The third-order valence-electron chi connectivity index (χ3n) is 3.42. The van der Waals surface area contributed by atoms with Gasteiger partial charge in [0.05, 0.1) is 15.8 Å². The molecule has 22 heavy (non-hydrogen) atoms. The van der Waals surface area contributed by atoms with Gasteiger partial charge in [0.25, 0.3) is 5.56 Å². The molecule has 10 heteroatoms. The summed E-state index contributed by atoms with van der Waals surface area (Å²) in [6.45, 7) is 1.98. The van der Waals surface area contributed by atoms with Crippen LogP contribution in [0.1, 0.15) is 0 Å². The van der Waals surface area contributed by atoms with Crippen molar-refractivity contribution in [2.45, 2.75) is 4.90 Å². The summed E-state index contributed by atoms with van der Waals surface area (Å²) in [7, 11) is -3.63. The fourth-order valence-electron chi connectivity index (χ4n) is 2.34. The van der Waals surface area contributed by atoms with Gasteiger partial charge in [0, 0.05) is 26.2 Å². The predicted octanol–water partition coefficient (Wildman–Crippen LogP) is -0.768.